The molecule has 0 radical (unpaired) electrons. The van der Waals surface area contributed by atoms with Crippen molar-refractivity contribution in [3.8, 4) is 0 Å². The average molecular weight is 430 g/mol. The number of aromatic nitrogens is 1. The number of carbonyl (C=O) groups is 1. The van der Waals surface area contributed by atoms with Gasteiger partial charge in [-0.1, -0.05) is 35.9 Å². The Kier molecular flexibility index (Phi) is 5.14. The summed E-state index contributed by atoms with van der Waals surface area (Å²) < 4.78 is 32.6. The number of sulfonamides is 1. The number of amides is 1. The number of carbonyl (C=O) groups excluding carboxylic acids is 1. The van der Waals surface area contributed by atoms with Crippen molar-refractivity contribution in [3.05, 3.63) is 83.4 Å². The Morgan fingerprint density at radius 1 is 1.07 bits per heavy atom. The molecule has 0 saturated heterocycles. The molecule has 0 aliphatic rings. The van der Waals surface area contributed by atoms with Gasteiger partial charge in [-0.3, -0.25) is 4.79 Å². The summed E-state index contributed by atoms with van der Waals surface area (Å²) in [6.07, 6.45) is 1.47. The van der Waals surface area contributed by atoms with E-state index < -0.39 is 15.9 Å². The van der Waals surface area contributed by atoms with E-state index in [1.54, 1.807) is 24.3 Å². The Bertz CT molecular complexity index is 1280. The summed E-state index contributed by atoms with van der Waals surface area (Å²) in [5.41, 5.74) is 1.27. The fourth-order valence-electron chi connectivity index (χ4n) is 2.86. The molecule has 148 valence electrons. The van der Waals surface area contributed by atoms with Crippen molar-refractivity contribution in [3.63, 3.8) is 0 Å². The highest BCUT2D eigenvalue weighted by Crippen LogP contribution is 2.28. The second kappa shape index (κ2) is 7.75. The van der Waals surface area contributed by atoms with Crippen molar-refractivity contribution in [2.24, 2.45) is 0 Å². The first kappa shape index (κ1) is 19.3. The van der Waals surface area contributed by atoms with Gasteiger partial charge >= 0.3 is 0 Å². The molecule has 29 heavy (non-hydrogen) atoms. The van der Waals surface area contributed by atoms with Gasteiger partial charge < -0.3 is 14.7 Å². The van der Waals surface area contributed by atoms with E-state index in [-0.39, 0.29) is 17.1 Å². The number of rotatable bonds is 6. The van der Waals surface area contributed by atoms with Crippen LogP contribution in [-0.2, 0) is 16.6 Å². The number of para-hydroxylation sites is 1. The SMILES string of the molecule is O=C(Nc1cccc(S(=O)(=O)NCc2ccco2)c1)c1[nH]c2ccccc2c1Cl. The predicted molar refractivity (Wildman–Crippen MR) is 110 cm³/mol. The molecule has 7 nitrogen and oxygen atoms in total. The third-order valence-corrected chi connectivity index (χ3v) is 6.08. The van der Waals surface area contributed by atoms with Crippen LogP contribution in [0.4, 0.5) is 5.69 Å². The zero-order valence-electron chi connectivity index (χ0n) is 15.0. The van der Waals surface area contributed by atoms with E-state index >= 15 is 0 Å². The van der Waals surface area contributed by atoms with E-state index in [4.69, 9.17) is 16.0 Å². The zero-order valence-corrected chi connectivity index (χ0v) is 16.5. The highest BCUT2D eigenvalue weighted by molar-refractivity contribution is 7.89. The first-order valence-electron chi connectivity index (χ1n) is 8.64. The smallest absolute Gasteiger partial charge is 0.273 e. The lowest BCUT2D eigenvalue weighted by molar-refractivity contribution is 0.102. The van der Waals surface area contributed by atoms with E-state index in [2.05, 4.69) is 15.0 Å². The molecule has 0 atom stereocenters. The number of furan rings is 1. The maximum Gasteiger partial charge on any atom is 0.273 e. The number of hydrogen-bond donors (Lipinski definition) is 3. The number of H-pyrrole nitrogens is 1. The second-order valence-corrected chi connectivity index (χ2v) is 8.39. The van der Waals surface area contributed by atoms with Crippen molar-refractivity contribution >= 4 is 44.1 Å². The van der Waals surface area contributed by atoms with Crippen LogP contribution < -0.4 is 10.0 Å². The fraction of sp³-hybridized carbons (Fsp3) is 0.0500. The highest BCUT2D eigenvalue weighted by Gasteiger charge is 2.18. The summed E-state index contributed by atoms with van der Waals surface area (Å²) in [4.78, 5) is 15.6. The van der Waals surface area contributed by atoms with E-state index in [0.717, 1.165) is 10.9 Å². The zero-order chi connectivity index (χ0) is 20.4. The molecular formula is C20H16ClN3O4S. The first-order chi connectivity index (χ1) is 13.9. The van der Waals surface area contributed by atoms with Gasteiger partial charge in [0, 0.05) is 16.6 Å². The number of hydrogen-bond acceptors (Lipinski definition) is 4. The quantitative estimate of drug-likeness (QED) is 0.428. The van der Waals surface area contributed by atoms with E-state index in [1.807, 2.05) is 24.3 Å². The topological polar surface area (TPSA) is 104 Å². The Labute approximate surface area is 171 Å². The molecule has 2 aromatic heterocycles. The van der Waals surface area contributed by atoms with Gasteiger partial charge in [0.25, 0.3) is 5.91 Å². The second-order valence-electron chi connectivity index (χ2n) is 6.25. The largest absolute Gasteiger partial charge is 0.468 e. The number of aromatic amines is 1. The van der Waals surface area contributed by atoms with Crippen LogP contribution in [0.3, 0.4) is 0 Å². The maximum atomic E-state index is 12.6. The van der Waals surface area contributed by atoms with Crippen LogP contribution in [0.25, 0.3) is 10.9 Å². The average Bonchev–Trinajstić information content (AvgIpc) is 3.35. The van der Waals surface area contributed by atoms with Crippen molar-refractivity contribution in [2.45, 2.75) is 11.4 Å². The standard InChI is InChI=1S/C20H16ClN3O4S/c21-18-16-8-1-2-9-17(16)24-19(18)20(25)23-13-5-3-7-15(11-13)29(26,27)22-12-14-6-4-10-28-14/h1-11,22,24H,12H2,(H,23,25). The Morgan fingerprint density at radius 2 is 1.90 bits per heavy atom. The van der Waals surface area contributed by atoms with Gasteiger partial charge in [0.05, 0.1) is 22.7 Å². The summed E-state index contributed by atoms with van der Waals surface area (Å²) >= 11 is 6.31. The number of benzene rings is 2. The molecule has 0 saturated carbocycles. The van der Waals surface area contributed by atoms with Crippen LogP contribution in [0.1, 0.15) is 16.2 Å². The Morgan fingerprint density at radius 3 is 2.66 bits per heavy atom. The minimum atomic E-state index is -3.78. The van der Waals surface area contributed by atoms with Gasteiger partial charge in [-0.2, -0.15) is 0 Å². The van der Waals surface area contributed by atoms with Crippen LogP contribution in [0.2, 0.25) is 5.02 Å². The van der Waals surface area contributed by atoms with Gasteiger partial charge in [-0.25, -0.2) is 13.1 Å². The molecule has 4 aromatic rings. The van der Waals surface area contributed by atoms with E-state index in [9.17, 15) is 13.2 Å². The van der Waals surface area contributed by atoms with Gasteiger partial charge in [-0.15, -0.1) is 0 Å². The van der Waals surface area contributed by atoms with Gasteiger partial charge in [-0.05, 0) is 36.4 Å². The number of fused-ring (bicyclic) bond motifs is 1. The molecule has 0 bridgehead atoms. The Balaban J connectivity index is 1.53. The summed E-state index contributed by atoms with van der Waals surface area (Å²) in [5, 5.41) is 3.72. The molecule has 0 aliphatic heterocycles. The van der Waals surface area contributed by atoms with E-state index in [1.165, 1.54) is 18.4 Å². The third kappa shape index (κ3) is 4.04. The normalized spacial score (nSPS) is 11.6. The minimum Gasteiger partial charge on any atom is -0.468 e. The molecule has 4 rings (SSSR count). The number of anilines is 1. The van der Waals surface area contributed by atoms with Crippen molar-refractivity contribution < 1.29 is 17.6 Å². The van der Waals surface area contributed by atoms with Crippen LogP contribution in [0, 0.1) is 0 Å². The van der Waals surface area contributed by atoms with Crippen LogP contribution >= 0.6 is 11.6 Å². The van der Waals surface area contributed by atoms with Crippen molar-refractivity contribution in [2.75, 3.05) is 5.32 Å². The van der Waals surface area contributed by atoms with Gasteiger partial charge in [0.15, 0.2) is 0 Å². The molecular weight excluding hydrogens is 414 g/mol. The molecule has 9 heteroatoms. The molecule has 1 amide bonds. The van der Waals surface area contributed by atoms with Crippen LogP contribution in [0.5, 0.6) is 0 Å². The predicted octanol–water partition coefficient (Wildman–Crippen LogP) is 4.15. The lowest BCUT2D eigenvalue weighted by Gasteiger charge is -2.09. The molecule has 3 N–H and O–H groups in total. The third-order valence-electron chi connectivity index (χ3n) is 4.29. The van der Waals surface area contributed by atoms with Crippen molar-refractivity contribution in [1.82, 2.24) is 9.71 Å². The van der Waals surface area contributed by atoms with Crippen LogP contribution in [0.15, 0.2) is 76.2 Å². The molecule has 0 spiro atoms. The molecule has 0 unspecified atom stereocenters. The fourth-order valence-corrected chi connectivity index (χ4v) is 4.20. The van der Waals surface area contributed by atoms with Gasteiger partial charge in [0.1, 0.15) is 11.5 Å². The summed E-state index contributed by atoms with van der Waals surface area (Å²) in [7, 11) is -3.78. The molecule has 0 fully saturated rings. The maximum absolute atomic E-state index is 12.6. The lowest BCUT2D eigenvalue weighted by Crippen LogP contribution is -2.23. The molecule has 0 aliphatic carbocycles. The molecule has 2 heterocycles. The summed E-state index contributed by atoms with van der Waals surface area (Å²) in [6, 6.07) is 16.6. The van der Waals surface area contributed by atoms with E-state index in [0.29, 0.717) is 16.5 Å². The summed E-state index contributed by atoms with van der Waals surface area (Å²) in [5.74, 6) is 0.0239. The lowest BCUT2D eigenvalue weighted by atomic mass is 10.2. The van der Waals surface area contributed by atoms with Crippen LogP contribution in [-0.4, -0.2) is 19.3 Å². The monoisotopic (exact) mass is 429 g/mol. The minimum absolute atomic E-state index is 0.0181. The summed E-state index contributed by atoms with van der Waals surface area (Å²) in [6.45, 7) is 0.0244. The number of nitrogens with one attached hydrogen (secondary N) is 3. The van der Waals surface area contributed by atoms with Crippen molar-refractivity contribution in [1.29, 1.82) is 0 Å². The number of halogens is 1. The Hall–Kier alpha value is -3.07. The highest BCUT2D eigenvalue weighted by atomic mass is 35.5. The van der Waals surface area contributed by atoms with Gasteiger partial charge in [0.2, 0.25) is 10.0 Å². The first-order valence-corrected chi connectivity index (χ1v) is 10.5. The molecule has 2 aromatic carbocycles.